The molecule has 0 saturated carbocycles. The topological polar surface area (TPSA) is 97.3 Å². The van der Waals surface area contributed by atoms with Crippen LogP contribution in [0.25, 0.3) is 0 Å². The average Bonchev–Trinajstić information content (AvgIpc) is 3.15. The van der Waals surface area contributed by atoms with Gasteiger partial charge in [0, 0.05) is 38.8 Å². The Morgan fingerprint density at radius 3 is 2.69 bits per heavy atom. The summed E-state index contributed by atoms with van der Waals surface area (Å²) in [4.78, 5) is 22.3. The van der Waals surface area contributed by atoms with Crippen LogP contribution < -0.4 is 9.64 Å². The molecule has 4 heterocycles. The Morgan fingerprint density at radius 2 is 2.03 bits per heavy atom. The molecule has 0 bridgehead atoms. The quantitative estimate of drug-likeness (QED) is 0.719. The molecular formula is C20H29F3N4O5. The zero-order valence-corrected chi connectivity index (χ0v) is 18.0. The van der Waals surface area contributed by atoms with Gasteiger partial charge in [-0.25, -0.2) is 14.8 Å². The van der Waals surface area contributed by atoms with Gasteiger partial charge in [-0.1, -0.05) is 0 Å². The number of halogens is 3. The number of anilines is 1. The van der Waals surface area contributed by atoms with Gasteiger partial charge >= 0.3 is 12.1 Å². The number of morpholine rings is 1. The van der Waals surface area contributed by atoms with Crippen molar-refractivity contribution in [2.75, 3.05) is 64.6 Å². The predicted octanol–water partition coefficient (Wildman–Crippen LogP) is 1.83. The molecular weight excluding hydrogens is 433 g/mol. The van der Waals surface area contributed by atoms with E-state index < -0.39 is 12.1 Å². The molecule has 1 N–H and O–H groups in total. The van der Waals surface area contributed by atoms with Crippen LogP contribution in [0.4, 0.5) is 19.0 Å². The minimum Gasteiger partial charge on any atom is -0.481 e. The van der Waals surface area contributed by atoms with E-state index in [0.29, 0.717) is 11.8 Å². The average molecular weight is 462 g/mol. The highest BCUT2D eigenvalue weighted by Crippen LogP contribution is 2.39. The number of nitrogens with zero attached hydrogens (tertiary/aromatic N) is 4. The molecule has 1 aromatic rings. The van der Waals surface area contributed by atoms with Gasteiger partial charge in [0.05, 0.1) is 32.5 Å². The molecule has 0 amide bonds. The first-order chi connectivity index (χ1) is 15.2. The summed E-state index contributed by atoms with van der Waals surface area (Å²) >= 11 is 0. The standard InChI is InChI=1S/C18H28N4O3.C2HF3O2/c1-23-17-9-16(19-14-20-17)22-4-2-3-18(13-22)10-15(12-25-18)11-21-5-7-24-8-6-21;3-2(4,5)1(6)7/h9,14-15H,2-8,10-13H2,1H3;(H,6,7). The molecule has 12 heteroatoms. The number of piperidine rings is 1. The van der Waals surface area contributed by atoms with E-state index in [9.17, 15) is 13.2 Å². The zero-order chi connectivity index (χ0) is 23.2. The van der Waals surface area contributed by atoms with E-state index in [4.69, 9.17) is 24.1 Å². The molecule has 9 nitrogen and oxygen atoms in total. The largest absolute Gasteiger partial charge is 0.490 e. The van der Waals surface area contributed by atoms with Gasteiger partial charge in [0.2, 0.25) is 5.88 Å². The highest BCUT2D eigenvalue weighted by molar-refractivity contribution is 5.73. The molecule has 3 aliphatic rings. The SMILES string of the molecule is COc1cc(N2CCCC3(CC(CN4CCOCC4)CO3)C2)ncn1.O=C(O)C(F)(F)F. The van der Waals surface area contributed by atoms with E-state index in [-0.39, 0.29) is 5.60 Å². The third-order valence-electron chi connectivity index (χ3n) is 5.85. The van der Waals surface area contributed by atoms with E-state index in [1.54, 1.807) is 13.4 Å². The Morgan fingerprint density at radius 1 is 1.31 bits per heavy atom. The molecule has 4 rings (SSSR count). The second-order valence-electron chi connectivity index (χ2n) is 8.22. The fourth-order valence-electron chi connectivity index (χ4n) is 4.40. The third kappa shape index (κ3) is 6.66. The summed E-state index contributed by atoms with van der Waals surface area (Å²) in [7, 11) is 1.64. The Labute approximate surface area is 184 Å². The number of methoxy groups -OCH3 is 1. The van der Waals surface area contributed by atoms with Gasteiger partial charge in [-0.15, -0.1) is 0 Å². The summed E-state index contributed by atoms with van der Waals surface area (Å²) in [5.74, 6) is -0.584. The van der Waals surface area contributed by atoms with Gasteiger partial charge in [-0.05, 0) is 25.2 Å². The number of carboxylic acids is 1. The molecule has 0 aliphatic carbocycles. The normalized spacial score (nSPS) is 26.5. The van der Waals surface area contributed by atoms with Crippen LogP contribution in [0.5, 0.6) is 5.88 Å². The predicted molar refractivity (Wildman–Crippen MR) is 108 cm³/mol. The number of ether oxygens (including phenoxy) is 3. The van der Waals surface area contributed by atoms with E-state index in [1.807, 2.05) is 6.07 Å². The van der Waals surface area contributed by atoms with Crippen LogP contribution in [0.2, 0.25) is 0 Å². The monoisotopic (exact) mass is 462 g/mol. The fourth-order valence-corrected chi connectivity index (χ4v) is 4.40. The highest BCUT2D eigenvalue weighted by atomic mass is 19.4. The van der Waals surface area contributed by atoms with Gasteiger partial charge in [0.15, 0.2) is 0 Å². The maximum Gasteiger partial charge on any atom is 0.490 e. The van der Waals surface area contributed by atoms with Crippen molar-refractivity contribution in [3.8, 4) is 5.88 Å². The number of aromatic nitrogens is 2. The first-order valence-corrected chi connectivity index (χ1v) is 10.6. The lowest BCUT2D eigenvalue weighted by Crippen LogP contribution is -2.48. The Hall–Kier alpha value is -2.18. The summed E-state index contributed by atoms with van der Waals surface area (Å²) in [6, 6.07) is 1.92. The van der Waals surface area contributed by atoms with Gasteiger partial charge in [-0.2, -0.15) is 13.2 Å². The van der Waals surface area contributed by atoms with Crippen molar-refractivity contribution in [3.05, 3.63) is 12.4 Å². The smallest absolute Gasteiger partial charge is 0.481 e. The lowest BCUT2D eigenvalue weighted by molar-refractivity contribution is -0.192. The first-order valence-electron chi connectivity index (χ1n) is 10.6. The summed E-state index contributed by atoms with van der Waals surface area (Å²) in [5.41, 5.74) is -0.0204. The van der Waals surface area contributed by atoms with Crippen LogP contribution in [0.3, 0.4) is 0 Å². The van der Waals surface area contributed by atoms with Crippen LogP contribution in [-0.4, -0.2) is 97.4 Å². The molecule has 3 saturated heterocycles. The molecule has 3 aliphatic heterocycles. The molecule has 0 radical (unpaired) electrons. The molecule has 2 unspecified atom stereocenters. The number of carbonyl (C=O) groups is 1. The minimum absolute atomic E-state index is 0.0204. The van der Waals surface area contributed by atoms with Gasteiger partial charge in [0.1, 0.15) is 12.1 Å². The fraction of sp³-hybridized carbons (Fsp3) is 0.750. The number of hydrogen-bond donors (Lipinski definition) is 1. The van der Waals surface area contributed by atoms with E-state index in [1.165, 1.54) is 0 Å². The number of aliphatic carboxylic acids is 1. The highest BCUT2D eigenvalue weighted by Gasteiger charge is 2.44. The van der Waals surface area contributed by atoms with E-state index in [0.717, 1.165) is 77.6 Å². The summed E-state index contributed by atoms with van der Waals surface area (Å²) in [6.45, 7) is 7.76. The van der Waals surface area contributed by atoms with Gasteiger partial charge in [0.25, 0.3) is 0 Å². The Kier molecular flexibility index (Phi) is 8.12. The minimum atomic E-state index is -5.08. The Bertz CT molecular complexity index is 763. The zero-order valence-electron chi connectivity index (χ0n) is 18.0. The Balaban J connectivity index is 0.000000360. The molecule has 32 heavy (non-hydrogen) atoms. The maximum absolute atomic E-state index is 10.6. The molecule has 1 aromatic heterocycles. The van der Waals surface area contributed by atoms with Crippen LogP contribution in [-0.2, 0) is 14.3 Å². The molecule has 180 valence electrons. The lowest BCUT2D eigenvalue weighted by atomic mass is 9.86. The van der Waals surface area contributed by atoms with Crippen LogP contribution in [0.1, 0.15) is 19.3 Å². The van der Waals surface area contributed by atoms with Crippen LogP contribution in [0.15, 0.2) is 12.4 Å². The molecule has 1 spiro atoms. The van der Waals surface area contributed by atoms with Crippen molar-refractivity contribution >= 4 is 11.8 Å². The van der Waals surface area contributed by atoms with Crippen molar-refractivity contribution in [1.82, 2.24) is 14.9 Å². The van der Waals surface area contributed by atoms with Gasteiger partial charge < -0.3 is 24.2 Å². The van der Waals surface area contributed by atoms with Crippen molar-refractivity contribution in [2.24, 2.45) is 5.92 Å². The number of rotatable bonds is 4. The maximum atomic E-state index is 10.6. The van der Waals surface area contributed by atoms with Crippen molar-refractivity contribution in [1.29, 1.82) is 0 Å². The molecule has 0 aromatic carbocycles. The number of hydrogen-bond acceptors (Lipinski definition) is 8. The van der Waals surface area contributed by atoms with Crippen LogP contribution in [0, 0.1) is 5.92 Å². The second kappa shape index (κ2) is 10.6. The number of carboxylic acid groups (broad SMARTS) is 1. The molecule has 3 fully saturated rings. The van der Waals surface area contributed by atoms with Crippen LogP contribution >= 0.6 is 0 Å². The van der Waals surface area contributed by atoms with E-state index >= 15 is 0 Å². The number of alkyl halides is 3. The van der Waals surface area contributed by atoms with E-state index in [2.05, 4.69) is 19.8 Å². The summed E-state index contributed by atoms with van der Waals surface area (Å²) in [6.07, 6.45) is -0.0861. The van der Waals surface area contributed by atoms with Crippen molar-refractivity contribution < 1.29 is 37.3 Å². The lowest BCUT2D eigenvalue weighted by Gasteiger charge is -2.40. The van der Waals surface area contributed by atoms with Gasteiger partial charge in [-0.3, -0.25) is 4.90 Å². The first kappa shape index (κ1) is 24.5. The summed E-state index contributed by atoms with van der Waals surface area (Å²) < 4.78 is 48.8. The second-order valence-corrected chi connectivity index (χ2v) is 8.22. The van der Waals surface area contributed by atoms with Crippen molar-refractivity contribution in [2.45, 2.75) is 31.0 Å². The van der Waals surface area contributed by atoms with Crippen molar-refractivity contribution in [3.63, 3.8) is 0 Å². The third-order valence-corrected chi connectivity index (χ3v) is 5.85. The molecule has 2 atom stereocenters. The summed E-state index contributed by atoms with van der Waals surface area (Å²) in [5, 5.41) is 7.12.